The molecule has 2 rings (SSSR count). The Bertz CT molecular complexity index is 613. The van der Waals surface area contributed by atoms with Crippen LogP contribution in [0.25, 0.3) is 0 Å². The molecule has 112 valence electrons. The minimum absolute atomic E-state index is 0.291. The largest absolute Gasteiger partial charge is 0.370 e. The van der Waals surface area contributed by atoms with Gasteiger partial charge in [-0.05, 0) is 31.0 Å². The van der Waals surface area contributed by atoms with E-state index in [0.717, 1.165) is 36.6 Å². The zero-order valence-electron chi connectivity index (χ0n) is 12.7. The van der Waals surface area contributed by atoms with E-state index in [9.17, 15) is 4.39 Å². The third kappa shape index (κ3) is 4.15. The summed E-state index contributed by atoms with van der Waals surface area (Å²) in [5.74, 6) is 1.80. The number of rotatable bonds is 6. The molecule has 0 radical (unpaired) electrons. The van der Waals surface area contributed by atoms with Gasteiger partial charge < -0.3 is 10.6 Å². The Balaban J connectivity index is 2.27. The molecule has 0 aliphatic rings. The van der Waals surface area contributed by atoms with Crippen molar-refractivity contribution in [3.8, 4) is 0 Å². The molecule has 0 fully saturated rings. The predicted molar refractivity (Wildman–Crippen MR) is 84.6 cm³/mol. The number of nitrogens with zero attached hydrogens (tertiary/aromatic N) is 2. The van der Waals surface area contributed by atoms with E-state index in [1.165, 1.54) is 6.07 Å². The van der Waals surface area contributed by atoms with Crippen molar-refractivity contribution in [1.29, 1.82) is 0 Å². The van der Waals surface area contributed by atoms with Crippen molar-refractivity contribution in [2.45, 2.75) is 33.6 Å². The minimum atomic E-state index is -0.291. The lowest BCUT2D eigenvalue weighted by Crippen LogP contribution is -2.07. The molecule has 0 aliphatic carbocycles. The first-order chi connectivity index (χ1) is 10.1. The molecule has 0 bridgehead atoms. The van der Waals surface area contributed by atoms with E-state index in [0.29, 0.717) is 11.5 Å². The van der Waals surface area contributed by atoms with Crippen LogP contribution in [-0.2, 0) is 6.42 Å². The monoisotopic (exact) mass is 288 g/mol. The van der Waals surface area contributed by atoms with Crippen molar-refractivity contribution < 1.29 is 4.39 Å². The normalized spacial score (nSPS) is 10.5. The highest BCUT2D eigenvalue weighted by Crippen LogP contribution is 2.21. The summed E-state index contributed by atoms with van der Waals surface area (Å²) in [6.45, 7) is 6.86. The first-order valence-corrected chi connectivity index (χ1v) is 7.27. The van der Waals surface area contributed by atoms with Gasteiger partial charge in [0.2, 0.25) is 0 Å². The molecule has 0 amide bonds. The van der Waals surface area contributed by atoms with Crippen LogP contribution in [0.1, 0.15) is 31.7 Å². The SMILES string of the molecule is CCCNc1cc(Nc2cc(C)ccc2F)nc(CC)n1. The molecular weight excluding hydrogens is 267 g/mol. The zero-order valence-corrected chi connectivity index (χ0v) is 12.7. The highest BCUT2D eigenvalue weighted by Gasteiger charge is 2.07. The number of anilines is 3. The molecule has 0 spiro atoms. The summed E-state index contributed by atoms with van der Waals surface area (Å²) in [6.07, 6.45) is 1.74. The number of nitrogens with one attached hydrogen (secondary N) is 2. The van der Waals surface area contributed by atoms with Crippen molar-refractivity contribution in [1.82, 2.24) is 9.97 Å². The lowest BCUT2D eigenvalue weighted by molar-refractivity contribution is 0.631. The van der Waals surface area contributed by atoms with Crippen LogP contribution < -0.4 is 10.6 Å². The van der Waals surface area contributed by atoms with Crippen LogP contribution in [0.5, 0.6) is 0 Å². The average Bonchev–Trinajstić information content (AvgIpc) is 2.48. The van der Waals surface area contributed by atoms with Gasteiger partial charge in [0.15, 0.2) is 0 Å². The van der Waals surface area contributed by atoms with Crippen LogP contribution in [0.15, 0.2) is 24.3 Å². The fourth-order valence-electron chi connectivity index (χ4n) is 1.94. The topological polar surface area (TPSA) is 49.8 Å². The van der Waals surface area contributed by atoms with Gasteiger partial charge in [0.1, 0.15) is 23.3 Å². The molecule has 21 heavy (non-hydrogen) atoms. The minimum Gasteiger partial charge on any atom is -0.370 e. The van der Waals surface area contributed by atoms with Gasteiger partial charge in [-0.1, -0.05) is 19.9 Å². The van der Waals surface area contributed by atoms with Gasteiger partial charge in [0.25, 0.3) is 0 Å². The van der Waals surface area contributed by atoms with Crippen LogP contribution in [0.4, 0.5) is 21.7 Å². The average molecular weight is 288 g/mol. The first kappa shape index (κ1) is 15.2. The fourth-order valence-corrected chi connectivity index (χ4v) is 1.94. The molecule has 5 heteroatoms. The van der Waals surface area contributed by atoms with Crippen molar-refractivity contribution >= 4 is 17.3 Å². The summed E-state index contributed by atoms with van der Waals surface area (Å²) in [5.41, 5.74) is 1.42. The third-order valence-corrected chi connectivity index (χ3v) is 3.03. The Kier molecular flexibility index (Phi) is 5.09. The maximum atomic E-state index is 13.8. The molecule has 0 saturated heterocycles. The second-order valence-electron chi connectivity index (χ2n) is 4.94. The van der Waals surface area contributed by atoms with E-state index in [1.807, 2.05) is 13.8 Å². The summed E-state index contributed by atoms with van der Waals surface area (Å²) >= 11 is 0. The molecule has 1 heterocycles. The van der Waals surface area contributed by atoms with Gasteiger partial charge in [-0.2, -0.15) is 0 Å². The standard InChI is InChI=1S/C16H21FN4/c1-4-8-18-15-10-16(21-14(5-2)20-15)19-13-9-11(3)6-7-12(13)17/h6-7,9-10H,4-5,8H2,1-3H3,(H2,18,19,20,21). The summed E-state index contributed by atoms with van der Waals surface area (Å²) in [4.78, 5) is 8.81. The number of aryl methyl sites for hydroxylation is 2. The molecule has 2 aromatic rings. The second kappa shape index (κ2) is 7.02. The van der Waals surface area contributed by atoms with Crippen LogP contribution in [0, 0.1) is 12.7 Å². The smallest absolute Gasteiger partial charge is 0.146 e. The van der Waals surface area contributed by atoms with Crippen molar-refractivity contribution in [3.05, 3.63) is 41.5 Å². The molecule has 0 atom stereocenters. The fraction of sp³-hybridized carbons (Fsp3) is 0.375. The van der Waals surface area contributed by atoms with Gasteiger partial charge in [0.05, 0.1) is 5.69 Å². The van der Waals surface area contributed by atoms with Crippen molar-refractivity contribution in [2.75, 3.05) is 17.2 Å². The van der Waals surface area contributed by atoms with Gasteiger partial charge in [0, 0.05) is 19.0 Å². The molecule has 0 aliphatic heterocycles. The molecule has 0 unspecified atom stereocenters. The Morgan fingerprint density at radius 3 is 2.57 bits per heavy atom. The number of aromatic nitrogens is 2. The number of benzene rings is 1. The predicted octanol–water partition coefficient (Wildman–Crippen LogP) is 4.05. The Morgan fingerprint density at radius 1 is 1.10 bits per heavy atom. The maximum Gasteiger partial charge on any atom is 0.146 e. The van der Waals surface area contributed by atoms with E-state index in [1.54, 1.807) is 18.2 Å². The molecule has 0 saturated carbocycles. The molecule has 4 nitrogen and oxygen atoms in total. The van der Waals surface area contributed by atoms with E-state index < -0.39 is 0 Å². The van der Waals surface area contributed by atoms with Gasteiger partial charge in [-0.3, -0.25) is 0 Å². The quantitative estimate of drug-likeness (QED) is 0.842. The molecule has 1 aromatic heterocycles. The van der Waals surface area contributed by atoms with Crippen LogP contribution in [0.2, 0.25) is 0 Å². The summed E-state index contributed by atoms with van der Waals surface area (Å²) in [6, 6.07) is 6.76. The maximum absolute atomic E-state index is 13.8. The zero-order chi connectivity index (χ0) is 15.2. The Labute approximate surface area is 124 Å². The van der Waals surface area contributed by atoms with Crippen LogP contribution >= 0.6 is 0 Å². The van der Waals surface area contributed by atoms with Crippen LogP contribution in [0.3, 0.4) is 0 Å². The van der Waals surface area contributed by atoms with E-state index in [2.05, 4.69) is 27.5 Å². The number of hydrogen-bond donors (Lipinski definition) is 2. The summed E-state index contributed by atoms with van der Waals surface area (Å²) in [5, 5.41) is 6.27. The first-order valence-electron chi connectivity index (χ1n) is 7.27. The Morgan fingerprint density at radius 2 is 1.86 bits per heavy atom. The summed E-state index contributed by atoms with van der Waals surface area (Å²) < 4.78 is 13.8. The second-order valence-corrected chi connectivity index (χ2v) is 4.94. The number of halogens is 1. The highest BCUT2D eigenvalue weighted by atomic mass is 19.1. The van der Waals surface area contributed by atoms with Crippen molar-refractivity contribution in [3.63, 3.8) is 0 Å². The number of hydrogen-bond acceptors (Lipinski definition) is 4. The lowest BCUT2D eigenvalue weighted by atomic mass is 10.2. The van der Waals surface area contributed by atoms with E-state index >= 15 is 0 Å². The van der Waals surface area contributed by atoms with E-state index in [4.69, 9.17) is 0 Å². The highest BCUT2D eigenvalue weighted by molar-refractivity contribution is 5.60. The molecular formula is C16H21FN4. The molecule has 2 N–H and O–H groups in total. The summed E-state index contributed by atoms with van der Waals surface area (Å²) in [7, 11) is 0. The Hall–Kier alpha value is -2.17. The van der Waals surface area contributed by atoms with Crippen LogP contribution in [-0.4, -0.2) is 16.5 Å². The molecule has 1 aromatic carbocycles. The van der Waals surface area contributed by atoms with Crippen molar-refractivity contribution in [2.24, 2.45) is 0 Å². The van der Waals surface area contributed by atoms with Gasteiger partial charge >= 0.3 is 0 Å². The van der Waals surface area contributed by atoms with Gasteiger partial charge in [-0.15, -0.1) is 0 Å². The lowest BCUT2D eigenvalue weighted by Gasteiger charge is -2.11. The van der Waals surface area contributed by atoms with Gasteiger partial charge in [-0.25, -0.2) is 14.4 Å². The van der Waals surface area contributed by atoms with E-state index in [-0.39, 0.29) is 5.82 Å². The third-order valence-electron chi connectivity index (χ3n) is 3.03.